The number of aliphatic carboxylic acids is 2. The minimum absolute atomic E-state index is 0.316. The van der Waals surface area contributed by atoms with Crippen LogP contribution >= 0.6 is 0 Å². The number of carbonyl (C=O) groups excluding carboxylic acids is 1. The summed E-state index contributed by atoms with van der Waals surface area (Å²) >= 11 is 0. The maximum Gasteiger partial charge on any atom is 0.339 e. The van der Waals surface area contributed by atoms with E-state index >= 15 is 0 Å². The molecule has 0 aromatic carbocycles. The van der Waals surface area contributed by atoms with Crippen molar-refractivity contribution in [3.63, 3.8) is 0 Å². The summed E-state index contributed by atoms with van der Waals surface area (Å²) in [5.74, 6) is -5.16. The molecule has 8 heteroatoms. The summed E-state index contributed by atoms with van der Waals surface area (Å²) in [5, 5.41) is 17.5. The number of ether oxygens (including phenoxy) is 1. The van der Waals surface area contributed by atoms with Gasteiger partial charge in [-0.3, -0.25) is 9.59 Å². The highest BCUT2D eigenvalue weighted by molar-refractivity contribution is 5.87. The minimum atomic E-state index is -2.38. The summed E-state index contributed by atoms with van der Waals surface area (Å²) in [7, 11) is 0. The molecule has 1 unspecified atom stereocenters. The van der Waals surface area contributed by atoms with Crippen LogP contribution in [0.5, 0.6) is 0 Å². The largest absolute Gasteiger partial charge is 0.481 e. The molecule has 0 saturated carbocycles. The number of carbonyl (C=O) groups is 3. The number of esters is 1. The molecule has 0 aliphatic heterocycles. The van der Waals surface area contributed by atoms with Gasteiger partial charge in [-0.05, 0) is 27.2 Å². The summed E-state index contributed by atoms with van der Waals surface area (Å²) in [6.45, 7) is 4.78. The Balaban J connectivity index is 5.11. The van der Waals surface area contributed by atoms with Crippen molar-refractivity contribution in [2.24, 2.45) is 17.4 Å². The Morgan fingerprint density at radius 2 is 1.63 bits per heavy atom. The fourth-order valence-electron chi connectivity index (χ4n) is 1.34. The maximum atomic E-state index is 11.9. The van der Waals surface area contributed by atoms with Crippen molar-refractivity contribution in [2.75, 3.05) is 0 Å². The highest BCUT2D eigenvalue weighted by atomic mass is 16.6. The molecule has 6 N–H and O–H groups in total. The molecule has 0 rings (SSSR count). The summed E-state index contributed by atoms with van der Waals surface area (Å²) in [6.07, 6.45) is -0.753. The third-order valence-corrected chi connectivity index (χ3v) is 2.29. The van der Waals surface area contributed by atoms with Crippen LogP contribution in [0.3, 0.4) is 0 Å². The van der Waals surface area contributed by atoms with E-state index < -0.39 is 41.5 Å². The zero-order valence-corrected chi connectivity index (χ0v) is 11.2. The standard InChI is InChI=1S/C11H20N2O6/c1-10(2,3)19-8(16)6(4-5-7(14)15)11(12,13)9(17)18/h6H,4-5,12-13H2,1-3H3,(H,14,15)(H,17,18). The van der Waals surface area contributed by atoms with E-state index in [2.05, 4.69) is 0 Å². The second-order valence-corrected chi connectivity index (χ2v) is 5.26. The maximum absolute atomic E-state index is 11.9. The van der Waals surface area contributed by atoms with Gasteiger partial charge in [0.25, 0.3) is 0 Å². The third-order valence-electron chi connectivity index (χ3n) is 2.29. The highest BCUT2D eigenvalue weighted by Gasteiger charge is 2.45. The van der Waals surface area contributed by atoms with Gasteiger partial charge in [-0.2, -0.15) is 0 Å². The zero-order chi connectivity index (χ0) is 15.4. The topological polar surface area (TPSA) is 153 Å². The van der Waals surface area contributed by atoms with Crippen LogP contribution in [-0.2, 0) is 19.1 Å². The van der Waals surface area contributed by atoms with Gasteiger partial charge >= 0.3 is 17.9 Å². The van der Waals surface area contributed by atoms with Crippen LogP contribution in [0.1, 0.15) is 33.6 Å². The molecule has 0 aliphatic rings. The summed E-state index contributed by atoms with van der Waals surface area (Å²) in [6, 6.07) is 0. The van der Waals surface area contributed by atoms with E-state index in [1.54, 1.807) is 20.8 Å². The molecule has 0 aromatic heterocycles. The monoisotopic (exact) mass is 276 g/mol. The lowest BCUT2D eigenvalue weighted by atomic mass is 9.89. The van der Waals surface area contributed by atoms with E-state index in [0.717, 1.165) is 0 Å². The second-order valence-electron chi connectivity index (χ2n) is 5.26. The van der Waals surface area contributed by atoms with Crippen LogP contribution in [0.4, 0.5) is 0 Å². The molecular formula is C11H20N2O6. The van der Waals surface area contributed by atoms with Crippen LogP contribution in [0, 0.1) is 5.92 Å². The van der Waals surface area contributed by atoms with Crippen molar-refractivity contribution in [2.45, 2.75) is 44.9 Å². The number of carboxylic acids is 2. The lowest BCUT2D eigenvalue weighted by Gasteiger charge is -2.30. The molecule has 0 saturated heterocycles. The van der Waals surface area contributed by atoms with Crippen LogP contribution in [0.25, 0.3) is 0 Å². The van der Waals surface area contributed by atoms with Gasteiger partial charge in [-0.1, -0.05) is 0 Å². The minimum Gasteiger partial charge on any atom is -0.481 e. The van der Waals surface area contributed by atoms with Gasteiger partial charge in [0, 0.05) is 6.42 Å². The van der Waals surface area contributed by atoms with E-state index in [9.17, 15) is 14.4 Å². The Labute approximate surface area is 110 Å². The quantitative estimate of drug-likeness (QED) is 0.374. The Kier molecular flexibility index (Phi) is 5.46. The predicted molar refractivity (Wildman–Crippen MR) is 64.9 cm³/mol. The van der Waals surface area contributed by atoms with Crippen LogP contribution in [0.2, 0.25) is 0 Å². The number of rotatable bonds is 6. The third kappa shape index (κ3) is 5.66. The predicted octanol–water partition coefficient (Wildman–Crippen LogP) is -0.493. The van der Waals surface area contributed by atoms with Gasteiger partial charge < -0.3 is 26.4 Å². The highest BCUT2D eigenvalue weighted by Crippen LogP contribution is 2.21. The molecule has 8 nitrogen and oxygen atoms in total. The van der Waals surface area contributed by atoms with Crippen LogP contribution in [0.15, 0.2) is 0 Å². The van der Waals surface area contributed by atoms with Gasteiger partial charge in [0.2, 0.25) is 0 Å². The first kappa shape index (κ1) is 17.3. The van der Waals surface area contributed by atoms with Crippen molar-refractivity contribution < 1.29 is 29.3 Å². The molecule has 19 heavy (non-hydrogen) atoms. The van der Waals surface area contributed by atoms with Gasteiger partial charge in [0.15, 0.2) is 5.66 Å². The fraction of sp³-hybridized carbons (Fsp3) is 0.727. The summed E-state index contributed by atoms with van der Waals surface area (Å²) in [4.78, 5) is 33.4. The van der Waals surface area contributed by atoms with Gasteiger partial charge in [-0.25, -0.2) is 4.79 Å². The fourth-order valence-corrected chi connectivity index (χ4v) is 1.34. The van der Waals surface area contributed by atoms with Crippen molar-refractivity contribution in [1.29, 1.82) is 0 Å². The molecule has 0 amide bonds. The van der Waals surface area contributed by atoms with Crippen molar-refractivity contribution >= 4 is 17.9 Å². The zero-order valence-electron chi connectivity index (χ0n) is 11.2. The molecule has 1 atom stereocenters. The number of hydrogen-bond acceptors (Lipinski definition) is 6. The van der Waals surface area contributed by atoms with Crippen molar-refractivity contribution in [3.8, 4) is 0 Å². The van der Waals surface area contributed by atoms with E-state index in [1.165, 1.54) is 0 Å². The van der Waals surface area contributed by atoms with Gasteiger partial charge in [0.1, 0.15) is 5.60 Å². The van der Waals surface area contributed by atoms with Crippen LogP contribution < -0.4 is 11.5 Å². The summed E-state index contributed by atoms with van der Waals surface area (Å²) < 4.78 is 5.01. The first-order valence-electron chi connectivity index (χ1n) is 5.63. The lowest BCUT2D eigenvalue weighted by Crippen LogP contribution is -2.64. The van der Waals surface area contributed by atoms with Crippen LogP contribution in [-0.4, -0.2) is 39.4 Å². The molecule has 110 valence electrons. The first-order valence-corrected chi connectivity index (χ1v) is 5.63. The smallest absolute Gasteiger partial charge is 0.339 e. The van der Waals surface area contributed by atoms with E-state index in [0.29, 0.717) is 0 Å². The molecule has 0 aromatic rings. The first-order chi connectivity index (χ1) is 8.38. The molecule has 0 radical (unpaired) electrons. The Morgan fingerprint density at radius 3 is 1.95 bits per heavy atom. The molecule has 0 spiro atoms. The van der Waals surface area contributed by atoms with Gasteiger partial charge in [-0.15, -0.1) is 0 Å². The SMILES string of the molecule is CC(C)(C)OC(=O)C(CCC(=O)O)C(N)(N)C(=O)O. The normalized spacial score (nSPS) is 13.7. The second kappa shape index (κ2) is 5.98. The average molecular weight is 276 g/mol. The van der Waals surface area contributed by atoms with Crippen molar-refractivity contribution in [1.82, 2.24) is 0 Å². The van der Waals surface area contributed by atoms with E-state index in [-0.39, 0.29) is 6.42 Å². The van der Waals surface area contributed by atoms with E-state index in [4.69, 9.17) is 26.4 Å². The molecule has 0 aliphatic carbocycles. The molecule has 0 heterocycles. The van der Waals surface area contributed by atoms with Gasteiger partial charge in [0.05, 0.1) is 5.92 Å². The Morgan fingerprint density at radius 1 is 1.16 bits per heavy atom. The number of nitrogens with two attached hydrogens (primary N) is 2. The molecular weight excluding hydrogens is 256 g/mol. The molecule has 0 bridgehead atoms. The summed E-state index contributed by atoms with van der Waals surface area (Å²) in [5.41, 5.74) is 7.56. The number of hydrogen-bond donors (Lipinski definition) is 4. The Hall–Kier alpha value is -1.67. The van der Waals surface area contributed by atoms with E-state index in [1.807, 2.05) is 0 Å². The van der Waals surface area contributed by atoms with Crippen molar-refractivity contribution in [3.05, 3.63) is 0 Å². The average Bonchev–Trinajstić information content (AvgIpc) is 2.13. The lowest BCUT2D eigenvalue weighted by molar-refractivity contribution is -0.168. The number of carboxylic acid groups (broad SMARTS) is 2. The molecule has 0 fully saturated rings. The Bertz CT molecular complexity index is 372.